The number of hydrogen-bond acceptors (Lipinski definition) is 3. The molecule has 0 saturated heterocycles. The molecule has 0 aliphatic rings. The summed E-state index contributed by atoms with van der Waals surface area (Å²) < 4.78 is 28.1. The van der Waals surface area contributed by atoms with Gasteiger partial charge < -0.3 is 5.11 Å². The minimum absolute atomic E-state index is 0.176. The fourth-order valence-electron chi connectivity index (χ4n) is 0.211. The molecule has 0 amide bonds. The van der Waals surface area contributed by atoms with Gasteiger partial charge in [-0.1, -0.05) is 6.58 Å². The maximum atomic E-state index is 10.2. The van der Waals surface area contributed by atoms with Crippen molar-refractivity contribution in [2.24, 2.45) is 0 Å². The molecular weight excluding hydrogens is 219 g/mol. The molecule has 0 aromatic carbocycles. The average molecular weight is 232 g/mol. The van der Waals surface area contributed by atoms with Gasteiger partial charge in [0, 0.05) is 5.57 Å². The van der Waals surface area contributed by atoms with E-state index in [0.29, 0.717) is 34.4 Å². The molecule has 0 heterocycles. The van der Waals surface area contributed by atoms with E-state index in [-0.39, 0.29) is 5.57 Å². The molecule has 7 heteroatoms. The standard InChI is InChI=1S/C4H6O2.C3H7O3S.Na/c1-3(2)4(5)6;1-2-3-7(4,5)6;/h1H2,2H3,(H,5,6);3H,2H2,1H3,(H,4,5,6);. The molecule has 0 aliphatic heterocycles. The van der Waals surface area contributed by atoms with Gasteiger partial charge in [-0.2, -0.15) is 0 Å². The van der Waals surface area contributed by atoms with E-state index in [1.54, 1.807) is 6.92 Å². The molecule has 0 saturated carbocycles. The van der Waals surface area contributed by atoms with Crippen LogP contribution < -0.4 is 0 Å². The number of carboxylic acid groups (broad SMARTS) is 1. The summed E-state index contributed by atoms with van der Waals surface area (Å²) >= 11 is 0.511. The maximum absolute atomic E-state index is 10.2. The molecule has 5 nitrogen and oxygen atoms in total. The van der Waals surface area contributed by atoms with E-state index in [0.717, 1.165) is 0 Å². The van der Waals surface area contributed by atoms with Crippen molar-refractivity contribution in [1.29, 1.82) is 0 Å². The Labute approximate surface area is 101 Å². The Bertz CT molecular complexity index is 283. The summed E-state index contributed by atoms with van der Waals surface area (Å²) in [5.74, 6) is -0.935. The van der Waals surface area contributed by atoms with Crippen LogP contribution in [0.25, 0.3) is 0 Å². The molecule has 0 bridgehead atoms. The van der Waals surface area contributed by atoms with E-state index in [2.05, 4.69) is 6.58 Å². The van der Waals surface area contributed by atoms with E-state index in [1.165, 1.54) is 6.92 Å². The van der Waals surface area contributed by atoms with Gasteiger partial charge in [0.1, 0.15) is 0 Å². The van der Waals surface area contributed by atoms with Gasteiger partial charge in [-0.05, 0) is 6.92 Å². The van der Waals surface area contributed by atoms with Gasteiger partial charge in [-0.25, -0.2) is 4.79 Å². The van der Waals surface area contributed by atoms with Crippen molar-refractivity contribution < 1.29 is 22.9 Å². The quantitative estimate of drug-likeness (QED) is 0.418. The number of aliphatic carboxylic acids is 1. The Morgan fingerprint density at radius 1 is 1.57 bits per heavy atom. The van der Waals surface area contributed by atoms with Gasteiger partial charge in [0.15, 0.2) is 0 Å². The summed E-state index contributed by atoms with van der Waals surface area (Å²) in [4.78, 5) is 9.60. The van der Waals surface area contributed by atoms with Gasteiger partial charge in [0.05, 0.1) is 0 Å². The first-order chi connectivity index (χ1) is 6.12. The van der Waals surface area contributed by atoms with E-state index >= 15 is 0 Å². The van der Waals surface area contributed by atoms with Gasteiger partial charge in [-0.3, -0.25) is 0 Å². The van der Waals surface area contributed by atoms with Crippen LogP contribution >= 0.6 is 0 Å². The Balaban J connectivity index is 0. The second-order valence-electron chi connectivity index (χ2n) is 2.82. The van der Waals surface area contributed by atoms with Crippen LogP contribution in [0.4, 0.5) is 0 Å². The van der Waals surface area contributed by atoms with Crippen molar-refractivity contribution in [3.63, 3.8) is 0 Å². The average Bonchev–Trinajstić information content (AvgIpc) is 2.02. The van der Waals surface area contributed by atoms with Crippen LogP contribution in [0, 0.1) is 0 Å². The Hall–Kier alpha value is 0.120. The summed E-state index contributed by atoms with van der Waals surface area (Å²) in [6.45, 7) is 6.34. The zero-order valence-corrected chi connectivity index (χ0v) is 11.3. The fourth-order valence-corrected chi connectivity index (χ4v) is 0.632. The Morgan fingerprint density at radius 2 is 1.86 bits per heavy atom. The number of hydrogen-bond donors (Lipinski definition) is 2. The van der Waals surface area contributed by atoms with E-state index in [4.69, 9.17) is 9.66 Å². The Morgan fingerprint density at radius 3 is 1.86 bits per heavy atom. The molecule has 0 rings (SSSR count). The number of carboxylic acids is 1. The molecular formula is C7H13NaO5S. The SMILES string of the molecule is C=C(C)C(=O)O.CC[CH]([Na])S(=O)(=O)O. The Kier molecular flexibility index (Phi) is 8.77. The van der Waals surface area contributed by atoms with Crippen LogP contribution in [0.15, 0.2) is 12.2 Å². The van der Waals surface area contributed by atoms with Crippen LogP contribution in [0.1, 0.15) is 20.3 Å². The minimum atomic E-state index is -3.69. The van der Waals surface area contributed by atoms with Crippen LogP contribution in [0.5, 0.6) is 0 Å². The second kappa shape index (κ2) is 7.42. The molecule has 0 aromatic rings. The van der Waals surface area contributed by atoms with Gasteiger partial charge in [0.2, 0.25) is 0 Å². The molecule has 0 radical (unpaired) electrons. The van der Waals surface area contributed by atoms with Crippen LogP contribution in [-0.4, -0.2) is 54.5 Å². The first-order valence-corrected chi connectivity index (χ1v) is 6.63. The zero-order chi connectivity index (χ0) is 11.9. The van der Waals surface area contributed by atoms with Crippen molar-refractivity contribution in [3.05, 3.63) is 12.2 Å². The van der Waals surface area contributed by atoms with Crippen molar-refractivity contribution in [3.8, 4) is 0 Å². The third kappa shape index (κ3) is 10.2. The van der Waals surface area contributed by atoms with Crippen molar-refractivity contribution in [1.82, 2.24) is 0 Å². The molecule has 0 spiro atoms. The van der Waals surface area contributed by atoms with Crippen LogP contribution in [-0.2, 0) is 14.9 Å². The van der Waals surface area contributed by atoms with Crippen LogP contribution in [0.3, 0.4) is 0 Å². The first kappa shape index (κ1) is 16.5. The summed E-state index contributed by atoms with van der Waals surface area (Å²) in [6.07, 6.45) is 0.519. The zero-order valence-electron chi connectivity index (χ0n) is 8.52. The summed E-state index contributed by atoms with van der Waals surface area (Å²) in [5, 5.41) is 7.89. The van der Waals surface area contributed by atoms with E-state index < -0.39 is 18.6 Å². The monoisotopic (exact) mass is 232 g/mol. The topological polar surface area (TPSA) is 91.7 Å². The molecule has 78 valence electrons. The van der Waals surface area contributed by atoms with Gasteiger partial charge >= 0.3 is 72.8 Å². The molecule has 14 heavy (non-hydrogen) atoms. The van der Waals surface area contributed by atoms with Crippen molar-refractivity contribution in [2.45, 2.75) is 22.8 Å². The number of rotatable bonds is 3. The predicted octanol–water partition coefficient (Wildman–Crippen LogP) is 0.426. The van der Waals surface area contributed by atoms with Gasteiger partial charge in [0.25, 0.3) is 0 Å². The third-order valence-corrected chi connectivity index (χ3v) is 5.40. The summed E-state index contributed by atoms with van der Waals surface area (Å²) in [7, 11) is -3.69. The van der Waals surface area contributed by atoms with Gasteiger partial charge in [-0.15, -0.1) is 0 Å². The fraction of sp³-hybridized carbons (Fsp3) is 0.571. The van der Waals surface area contributed by atoms with Crippen molar-refractivity contribution >= 4 is 44.0 Å². The predicted molar refractivity (Wildman–Crippen MR) is 53.8 cm³/mol. The first-order valence-electron chi connectivity index (χ1n) is 3.98. The van der Waals surface area contributed by atoms with E-state index in [9.17, 15) is 13.2 Å². The van der Waals surface area contributed by atoms with Crippen LogP contribution in [0.2, 0.25) is 0 Å². The van der Waals surface area contributed by atoms with E-state index in [1.807, 2.05) is 0 Å². The van der Waals surface area contributed by atoms with Crippen molar-refractivity contribution in [2.75, 3.05) is 0 Å². The molecule has 0 aromatic heterocycles. The molecule has 0 fully saturated rings. The molecule has 1 unspecified atom stereocenters. The normalized spacial score (nSPS) is 12.4. The number of carbonyl (C=O) groups is 1. The summed E-state index contributed by atoms with van der Waals surface area (Å²) in [5.41, 5.74) is 0.176. The second-order valence-corrected chi connectivity index (χ2v) is 6.88. The molecule has 2 N–H and O–H groups in total. The molecule has 1 atom stereocenters. The summed E-state index contributed by atoms with van der Waals surface area (Å²) in [6, 6.07) is 0. The third-order valence-electron chi connectivity index (χ3n) is 1.45. The molecule has 0 aliphatic carbocycles.